The van der Waals surface area contributed by atoms with E-state index in [1.165, 1.54) is 0 Å². The Morgan fingerprint density at radius 1 is 1.44 bits per heavy atom. The summed E-state index contributed by atoms with van der Waals surface area (Å²) in [5, 5.41) is 13.5. The lowest BCUT2D eigenvalue weighted by Crippen LogP contribution is -2.44. The van der Waals surface area contributed by atoms with Crippen LogP contribution in [0.2, 0.25) is 0 Å². The van der Waals surface area contributed by atoms with Gasteiger partial charge in [-0.25, -0.2) is 0 Å². The number of nitrogens with one attached hydrogen (secondary N) is 1. The molecule has 0 aromatic heterocycles. The maximum Gasteiger partial charge on any atom is 0.143 e. The van der Waals surface area contributed by atoms with Crippen LogP contribution < -0.4 is 11.1 Å². The summed E-state index contributed by atoms with van der Waals surface area (Å²) in [6.07, 6.45) is 1.88. The summed E-state index contributed by atoms with van der Waals surface area (Å²) >= 11 is 0. The third kappa shape index (κ3) is 2.35. The number of nitrogens with two attached hydrogens (primary N) is 1. The number of nitrogens with zero attached hydrogens (tertiary/aromatic N) is 1. The third-order valence-corrected chi connectivity index (χ3v) is 3.53. The summed E-state index contributed by atoms with van der Waals surface area (Å²) in [5.41, 5.74) is 8.15. The zero-order valence-electron chi connectivity index (χ0n) is 10.8. The number of hydrogen-bond donors (Lipinski definition) is 3. The molecule has 4 heteroatoms. The van der Waals surface area contributed by atoms with Gasteiger partial charge in [-0.3, -0.25) is 4.90 Å². The van der Waals surface area contributed by atoms with Gasteiger partial charge in [-0.2, -0.15) is 0 Å². The molecule has 1 saturated heterocycles. The number of phenols is 1. The van der Waals surface area contributed by atoms with Crippen LogP contribution >= 0.6 is 0 Å². The summed E-state index contributed by atoms with van der Waals surface area (Å²) in [7, 11) is 0. The van der Waals surface area contributed by atoms with Crippen LogP contribution in [0.3, 0.4) is 0 Å². The van der Waals surface area contributed by atoms with Crippen LogP contribution in [-0.4, -0.2) is 36.2 Å². The third-order valence-electron chi connectivity index (χ3n) is 3.53. The van der Waals surface area contributed by atoms with E-state index in [1.807, 2.05) is 19.1 Å². The Kier molecular flexibility index (Phi) is 3.89. The van der Waals surface area contributed by atoms with Crippen LogP contribution in [0.4, 0.5) is 5.69 Å². The molecule has 0 unspecified atom stereocenters. The first-order chi connectivity index (χ1) is 8.65. The predicted molar refractivity (Wildman–Crippen MR) is 74.6 cm³/mol. The van der Waals surface area contributed by atoms with E-state index in [1.54, 1.807) is 6.07 Å². The lowest BCUT2D eigenvalue weighted by atomic mass is 9.97. The highest BCUT2D eigenvalue weighted by Crippen LogP contribution is 2.36. The average Bonchev–Trinajstić information content (AvgIpc) is 2.40. The number of benzene rings is 1. The quantitative estimate of drug-likeness (QED) is 0.429. The normalized spacial score (nSPS) is 18.5. The number of rotatable bonds is 3. The first kappa shape index (κ1) is 12.9. The fourth-order valence-corrected chi connectivity index (χ4v) is 2.51. The molecule has 98 valence electrons. The largest absolute Gasteiger partial charge is 0.505 e. The van der Waals surface area contributed by atoms with Gasteiger partial charge >= 0.3 is 0 Å². The summed E-state index contributed by atoms with van der Waals surface area (Å²) in [5.74, 6) is 0.193. The van der Waals surface area contributed by atoms with Gasteiger partial charge in [-0.05, 0) is 18.6 Å². The summed E-state index contributed by atoms with van der Waals surface area (Å²) in [4.78, 5) is 2.31. The maximum absolute atomic E-state index is 10.2. The molecule has 0 spiro atoms. The van der Waals surface area contributed by atoms with Crippen molar-refractivity contribution in [3.05, 3.63) is 35.9 Å². The molecule has 1 aromatic rings. The monoisotopic (exact) mass is 247 g/mol. The topological polar surface area (TPSA) is 61.5 Å². The molecule has 0 amide bonds. The van der Waals surface area contributed by atoms with Gasteiger partial charge in [0.05, 0.1) is 11.7 Å². The number of anilines is 1. The lowest BCUT2D eigenvalue weighted by Gasteiger charge is -2.34. The lowest BCUT2D eigenvalue weighted by molar-refractivity contribution is 0.200. The van der Waals surface area contributed by atoms with Crippen molar-refractivity contribution in [3.63, 3.8) is 0 Å². The molecule has 18 heavy (non-hydrogen) atoms. The fourth-order valence-electron chi connectivity index (χ4n) is 2.51. The van der Waals surface area contributed by atoms with Crippen LogP contribution in [0.5, 0.6) is 5.75 Å². The van der Waals surface area contributed by atoms with Crippen LogP contribution in [0.1, 0.15) is 17.2 Å². The minimum Gasteiger partial charge on any atom is -0.505 e. The summed E-state index contributed by atoms with van der Waals surface area (Å²) < 4.78 is 0. The van der Waals surface area contributed by atoms with Crippen molar-refractivity contribution in [2.45, 2.75) is 13.0 Å². The van der Waals surface area contributed by atoms with E-state index < -0.39 is 0 Å². The molecular formula is C14H21N3O. The van der Waals surface area contributed by atoms with Crippen LogP contribution in [-0.2, 0) is 0 Å². The molecular weight excluding hydrogens is 226 g/mol. The molecule has 4 N–H and O–H groups in total. The Morgan fingerprint density at radius 2 is 2.11 bits per heavy atom. The molecule has 1 atom stereocenters. The predicted octanol–water partition coefficient (Wildman–Crippen LogP) is 1.42. The molecule has 1 fully saturated rings. The maximum atomic E-state index is 10.2. The van der Waals surface area contributed by atoms with Gasteiger partial charge in [0.2, 0.25) is 0 Å². The van der Waals surface area contributed by atoms with E-state index in [9.17, 15) is 5.11 Å². The van der Waals surface area contributed by atoms with Gasteiger partial charge < -0.3 is 16.2 Å². The zero-order valence-corrected chi connectivity index (χ0v) is 10.8. The van der Waals surface area contributed by atoms with Crippen molar-refractivity contribution < 1.29 is 5.11 Å². The van der Waals surface area contributed by atoms with Crippen molar-refractivity contribution in [3.8, 4) is 5.75 Å². The molecule has 1 aliphatic rings. The number of aryl methyl sites for hydroxylation is 1. The highest BCUT2D eigenvalue weighted by atomic mass is 16.3. The second-order valence-electron chi connectivity index (χ2n) is 4.70. The SMILES string of the molecule is C=C[C@@H](c1c(C)ccc(N)c1O)N1CCNCC1. The Bertz CT molecular complexity index is 439. The van der Waals surface area contributed by atoms with Crippen LogP contribution in [0, 0.1) is 6.92 Å². The van der Waals surface area contributed by atoms with Crippen LogP contribution in [0.25, 0.3) is 0 Å². The minimum absolute atomic E-state index is 0.0237. The highest BCUT2D eigenvalue weighted by Gasteiger charge is 2.24. The van der Waals surface area contributed by atoms with Crippen molar-refractivity contribution in [1.82, 2.24) is 10.2 Å². The summed E-state index contributed by atoms with van der Waals surface area (Å²) in [6.45, 7) is 9.73. The van der Waals surface area contributed by atoms with Gasteiger partial charge in [0.1, 0.15) is 5.75 Å². The highest BCUT2D eigenvalue weighted by molar-refractivity contribution is 5.60. The van der Waals surface area contributed by atoms with E-state index in [0.29, 0.717) is 5.69 Å². The second kappa shape index (κ2) is 5.42. The molecule has 0 saturated carbocycles. The number of hydrogen-bond acceptors (Lipinski definition) is 4. The van der Waals surface area contributed by atoms with E-state index >= 15 is 0 Å². The van der Waals surface area contributed by atoms with E-state index in [-0.39, 0.29) is 11.8 Å². The number of aromatic hydroxyl groups is 1. The van der Waals surface area contributed by atoms with Gasteiger partial charge in [-0.1, -0.05) is 12.1 Å². The Balaban J connectivity index is 2.37. The standard InChI is InChI=1S/C14H21N3O/c1-3-12(17-8-6-16-7-9-17)13-10(2)4-5-11(15)14(13)18/h3-5,12,16,18H,1,6-9,15H2,2H3/t12-/m0/s1. The summed E-state index contributed by atoms with van der Waals surface area (Å²) in [6, 6.07) is 3.71. The van der Waals surface area contributed by atoms with E-state index in [0.717, 1.165) is 37.3 Å². The van der Waals surface area contributed by atoms with Gasteiger partial charge in [-0.15, -0.1) is 6.58 Å². The van der Waals surface area contributed by atoms with Crippen LogP contribution in [0.15, 0.2) is 24.8 Å². The second-order valence-corrected chi connectivity index (χ2v) is 4.70. The smallest absolute Gasteiger partial charge is 0.143 e. The molecule has 0 radical (unpaired) electrons. The Hall–Kier alpha value is -1.52. The molecule has 0 bridgehead atoms. The fraction of sp³-hybridized carbons (Fsp3) is 0.429. The van der Waals surface area contributed by atoms with E-state index in [4.69, 9.17) is 5.73 Å². The van der Waals surface area contributed by atoms with Crippen molar-refractivity contribution >= 4 is 5.69 Å². The van der Waals surface area contributed by atoms with Gasteiger partial charge in [0.25, 0.3) is 0 Å². The Morgan fingerprint density at radius 3 is 2.72 bits per heavy atom. The molecule has 1 heterocycles. The first-order valence-corrected chi connectivity index (χ1v) is 6.30. The number of phenolic OH excluding ortho intramolecular Hbond substituents is 1. The molecule has 1 aliphatic heterocycles. The first-order valence-electron chi connectivity index (χ1n) is 6.30. The minimum atomic E-state index is 0.0237. The molecule has 2 rings (SSSR count). The van der Waals surface area contributed by atoms with Crippen molar-refractivity contribution in [2.75, 3.05) is 31.9 Å². The van der Waals surface area contributed by atoms with Crippen molar-refractivity contribution in [2.24, 2.45) is 0 Å². The molecule has 0 aliphatic carbocycles. The van der Waals surface area contributed by atoms with Gasteiger partial charge in [0.15, 0.2) is 0 Å². The molecule has 4 nitrogen and oxygen atoms in total. The number of nitrogen functional groups attached to an aromatic ring is 1. The Labute approximate surface area is 108 Å². The number of piperazine rings is 1. The molecule has 1 aromatic carbocycles. The van der Waals surface area contributed by atoms with Crippen molar-refractivity contribution in [1.29, 1.82) is 0 Å². The van der Waals surface area contributed by atoms with Gasteiger partial charge in [0, 0.05) is 31.7 Å². The average molecular weight is 247 g/mol. The zero-order chi connectivity index (χ0) is 13.1. The van der Waals surface area contributed by atoms with E-state index in [2.05, 4.69) is 16.8 Å².